The molecule has 11 nitrogen and oxygen atoms in total. The number of benzene rings is 2. The Hall–Kier alpha value is -4.15. The Balaban J connectivity index is 1.42. The van der Waals surface area contributed by atoms with E-state index in [1.807, 2.05) is 23.1 Å². The smallest absolute Gasteiger partial charge is 0.306 e. The molecule has 33 heavy (non-hydrogen) atoms. The minimum absolute atomic E-state index is 0.0581. The molecule has 0 amide bonds. The van der Waals surface area contributed by atoms with E-state index in [-0.39, 0.29) is 12.5 Å². The van der Waals surface area contributed by atoms with Gasteiger partial charge in [-0.3, -0.25) is 14.9 Å². The van der Waals surface area contributed by atoms with Crippen LogP contribution in [0.1, 0.15) is 18.4 Å². The third-order valence-corrected chi connectivity index (χ3v) is 6.01. The van der Waals surface area contributed by atoms with Crippen molar-refractivity contribution in [2.75, 3.05) is 30.1 Å². The maximum absolute atomic E-state index is 11.9. The lowest BCUT2D eigenvalue weighted by molar-refractivity contribution is -0.384. The molecule has 3 heterocycles. The molecule has 2 aromatic carbocycles. The molecule has 1 saturated heterocycles. The molecule has 11 heteroatoms. The van der Waals surface area contributed by atoms with Gasteiger partial charge in [-0.25, -0.2) is 9.97 Å². The topological polar surface area (TPSA) is 140 Å². The summed E-state index contributed by atoms with van der Waals surface area (Å²) in [4.78, 5) is 33.2. The van der Waals surface area contributed by atoms with Crippen molar-refractivity contribution in [2.45, 2.75) is 19.4 Å². The Morgan fingerprint density at radius 1 is 1.18 bits per heavy atom. The molecule has 5 rings (SSSR count). The van der Waals surface area contributed by atoms with E-state index in [0.29, 0.717) is 66.4 Å². The lowest BCUT2D eigenvalue weighted by Gasteiger charge is -2.31. The van der Waals surface area contributed by atoms with Gasteiger partial charge in [-0.1, -0.05) is 6.07 Å². The van der Waals surface area contributed by atoms with Crippen LogP contribution in [0, 0.1) is 16.0 Å². The second-order valence-electron chi connectivity index (χ2n) is 7.98. The highest BCUT2D eigenvalue weighted by molar-refractivity contribution is 5.94. The van der Waals surface area contributed by atoms with Crippen molar-refractivity contribution in [1.29, 1.82) is 0 Å². The van der Waals surface area contributed by atoms with Gasteiger partial charge in [0.1, 0.15) is 17.8 Å². The van der Waals surface area contributed by atoms with Crippen LogP contribution in [-0.2, 0) is 11.3 Å². The summed E-state index contributed by atoms with van der Waals surface area (Å²) in [5, 5.41) is 24.9. The van der Waals surface area contributed by atoms with E-state index in [1.165, 1.54) is 12.4 Å². The summed E-state index contributed by atoms with van der Waals surface area (Å²) in [6.45, 7) is 1.50. The van der Waals surface area contributed by atoms with Crippen LogP contribution in [0.3, 0.4) is 0 Å². The number of nitrogens with one attached hydrogen (secondary N) is 1. The molecule has 2 aliphatic heterocycles. The molecule has 0 atom stereocenters. The maximum atomic E-state index is 11.9. The summed E-state index contributed by atoms with van der Waals surface area (Å²) >= 11 is 0. The second kappa shape index (κ2) is 8.41. The predicted molar refractivity (Wildman–Crippen MR) is 119 cm³/mol. The summed E-state index contributed by atoms with van der Waals surface area (Å²) < 4.78 is 10.7. The van der Waals surface area contributed by atoms with Gasteiger partial charge in [-0.15, -0.1) is 0 Å². The zero-order chi connectivity index (χ0) is 22.9. The lowest BCUT2D eigenvalue weighted by atomic mass is 9.96. The second-order valence-corrected chi connectivity index (χ2v) is 7.98. The van der Waals surface area contributed by atoms with Gasteiger partial charge in [0.25, 0.3) is 5.69 Å². The first kappa shape index (κ1) is 20.7. The van der Waals surface area contributed by atoms with E-state index in [1.54, 1.807) is 6.07 Å². The molecule has 0 bridgehead atoms. The van der Waals surface area contributed by atoms with Gasteiger partial charge in [-0.2, -0.15) is 0 Å². The zero-order valence-corrected chi connectivity index (χ0v) is 17.6. The molecule has 2 N–H and O–H groups in total. The molecule has 1 fully saturated rings. The Bertz CT molecular complexity index is 1240. The van der Waals surface area contributed by atoms with Crippen LogP contribution in [0.5, 0.6) is 11.5 Å². The summed E-state index contributed by atoms with van der Waals surface area (Å²) in [5.74, 6) is 0.608. The minimum atomic E-state index is -0.825. The van der Waals surface area contributed by atoms with E-state index in [0.717, 1.165) is 5.56 Å². The van der Waals surface area contributed by atoms with Crippen LogP contribution in [-0.4, -0.2) is 45.8 Å². The number of anilines is 2. The molecule has 0 radical (unpaired) electrons. The first-order valence-corrected chi connectivity index (χ1v) is 10.5. The number of aromatic nitrogens is 2. The van der Waals surface area contributed by atoms with Crippen molar-refractivity contribution < 1.29 is 24.3 Å². The number of rotatable bonds is 6. The van der Waals surface area contributed by atoms with Gasteiger partial charge in [-0.05, 0) is 36.6 Å². The number of nitrogens with zero attached hydrogens (tertiary/aromatic N) is 4. The first-order valence-electron chi connectivity index (χ1n) is 10.5. The largest absolute Gasteiger partial charge is 0.481 e. The Kier molecular flexibility index (Phi) is 5.29. The highest BCUT2D eigenvalue weighted by Gasteiger charge is 2.29. The molecule has 0 saturated carbocycles. The van der Waals surface area contributed by atoms with E-state index >= 15 is 0 Å². The SMILES string of the molecule is O=C(O)C1CCN(c2cc3ncnc(NCc4ccc5c(c4)OCO5)c3cc2[N+](=O)[O-])CC1. The normalized spacial score (nSPS) is 15.6. The number of nitro groups is 1. The van der Waals surface area contributed by atoms with Crippen LogP contribution in [0.2, 0.25) is 0 Å². The number of hydrogen-bond acceptors (Lipinski definition) is 9. The summed E-state index contributed by atoms with van der Waals surface area (Å²) in [6.07, 6.45) is 2.30. The van der Waals surface area contributed by atoms with Crippen molar-refractivity contribution in [3.63, 3.8) is 0 Å². The number of ether oxygens (including phenoxy) is 2. The number of carboxylic acid groups (broad SMARTS) is 1. The van der Waals surface area contributed by atoms with Gasteiger partial charge in [0.05, 0.1) is 16.4 Å². The zero-order valence-electron chi connectivity index (χ0n) is 17.6. The Morgan fingerprint density at radius 2 is 1.97 bits per heavy atom. The van der Waals surface area contributed by atoms with E-state index in [4.69, 9.17) is 9.47 Å². The fourth-order valence-corrected chi connectivity index (χ4v) is 4.23. The number of carboxylic acids is 1. The Labute approximate surface area is 188 Å². The average molecular weight is 451 g/mol. The van der Waals surface area contributed by atoms with Gasteiger partial charge in [0.15, 0.2) is 11.5 Å². The molecule has 2 aliphatic rings. The van der Waals surface area contributed by atoms with Crippen LogP contribution >= 0.6 is 0 Å². The van der Waals surface area contributed by atoms with Gasteiger partial charge < -0.3 is 24.8 Å². The van der Waals surface area contributed by atoms with Crippen molar-refractivity contribution in [3.8, 4) is 11.5 Å². The van der Waals surface area contributed by atoms with Crippen molar-refractivity contribution in [3.05, 3.63) is 52.3 Å². The quantitative estimate of drug-likeness (QED) is 0.424. The van der Waals surface area contributed by atoms with Crippen LogP contribution in [0.15, 0.2) is 36.7 Å². The fraction of sp³-hybridized carbons (Fsp3) is 0.318. The molecular weight excluding hydrogens is 430 g/mol. The third-order valence-electron chi connectivity index (χ3n) is 6.01. The summed E-state index contributed by atoms with van der Waals surface area (Å²) in [7, 11) is 0. The first-order chi connectivity index (χ1) is 16.0. The maximum Gasteiger partial charge on any atom is 0.306 e. The molecule has 3 aromatic rings. The lowest BCUT2D eigenvalue weighted by Crippen LogP contribution is -2.36. The van der Waals surface area contributed by atoms with Gasteiger partial charge in [0, 0.05) is 31.1 Å². The summed E-state index contributed by atoms with van der Waals surface area (Å²) in [6, 6.07) is 8.78. The summed E-state index contributed by atoms with van der Waals surface area (Å²) in [5.41, 5.74) is 1.89. The molecular formula is C22H21N5O6. The van der Waals surface area contributed by atoms with Crippen molar-refractivity contribution >= 4 is 34.1 Å². The molecule has 170 valence electrons. The van der Waals surface area contributed by atoms with Crippen LogP contribution < -0.4 is 19.7 Å². The van der Waals surface area contributed by atoms with Crippen molar-refractivity contribution in [1.82, 2.24) is 9.97 Å². The highest BCUT2D eigenvalue weighted by Crippen LogP contribution is 2.37. The average Bonchev–Trinajstić information content (AvgIpc) is 3.30. The molecule has 0 spiro atoms. The number of aliphatic carboxylic acids is 1. The van der Waals surface area contributed by atoms with E-state index in [9.17, 15) is 20.0 Å². The number of nitro benzene ring substituents is 1. The number of piperidine rings is 1. The van der Waals surface area contributed by atoms with Crippen LogP contribution in [0.4, 0.5) is 17.2 Å². The number of hydrogen-bond donors (Lipinski definition) is 2. The van der Waals surface area contributed by atoms with E-state index < -0.39 is 16.8 Å². The Morgan fingerprint density at radius 3 is 2.73 bits per heavy atom. The number of fused-ring (bicyclic) bond motifs is 2. The number of carbonyl (C=O) groups is 1. The molecule has 0 aliphatic carbocycles. The van der Waals surface area contributed by atoms with Gasteiger partial charge >= 0.3 is 5.97 Å². The minimum Gasteiger partial charge on any atom is -0.481 e. The monoisotopic (exact) mass is 451 g/mol. The third kappa shape index (κ3) is 4.04. The molecule has 0 unspecified atom stereocenters. The highest BCUT2D eigenvalue weighted by atomic mass is 16.7. The van der Waals surface area contributed by atoms with Gasteiger partial charge in [0.2, 0.25) is 6.79 Å². The molecule has 1 aromatic heterocycles. The van der Waals surface area contributed by atoms with E-state index in [2.05, 4.69) is 15.3 Å². The fourth-order valence-electron chi connectivity index (χ4n) is 4.23. The van der Waals surface area contributed by atoms with Crippen molar-refractivity contribution in [2.24, 2.45) is 5.92 Å². The predicted octanol–water partition coefficient (Wildman–Crippen LogP) is 3.18. The standard InChI is InChI=1S/C22H21N5O6/c28-22(29)14-3-5-26(6-4-14)17-9-16-15(8-18(17)27(30)31)21(25-11-24-16)23-10-13-1-2-19-20(7-13)33-12-32-19/h1-2,7-9,11,14H,3-6,10,12H2,(H,28,29)(H,23,24,25). The van der Waals surface area contributed by atoms with Crippen LogP contribution in [0.25, 0.3) is 10.9 Å².